The number of nitrogens with one attached hydrogen (secondary N) is 1. The van der Waals surface area contributed by atoms with Crippen molar-refractivity contribution in [1.29, 1.82) is 0 Å². The summed E-state index contributed by atoms with van der Waals surface area (Å²) in [5, 5.41) is 5.20. The third-order valence-corrected chi connectivity index (χ3v) is 6.98. The van der Waals surface area contributed by atoms with Gasteiger partial charge in [0.1, 0.15) is 6.04 Å². The number of piperidine rings is 1. The molecule has 2 aromatic heterocycles. The van der Waals surface area contributed by atoms with E-state index in [0.29, 0.717) is 37.6 Å². The van der Waals surface area contributed by atoms with Gasteiger partial charge in [0.2, 0.25) is 11.8 Å². The molecule has 1 N–H and O–H groups in total. The zero-order valence-electron chi connectivity index (χ0n) is 18.0. The Hall–Kier alpha value is -3.46. The average Bonchev–Trinajstić information content (AvgIpc) is 3.57. The monoisotopic (exact) mass is 464 g/mol. The Morgan fingerprint density at radius 2 is 1.97 bits per heavy atom. The smallest absolute Gasteiger partial charge is 0.290 e. The normalized spacial score (nSPS) is 20.2. The molecule has 33 heavy (non-hydrogen) atoms. The average molecular weight is 465 g/mol. The van der Waals surface area contributed by atoms with Gasteiger partial charge < -0.3 is 19.5 Å². The van der Waals surface area contributed by atoms with E-state index >= 15 is 0 Å². The Morgan fingerprint density at radius 3 is 2.73 bits per heavy atom. The van der Waals surface area contributed by atoms with Crippen LogP contribution in [0.3, 0.4) is 0 Å². The molecule has 0 spiro atoms. The molecule has 0 aliphatic carbocycles. The van der Waals surface area contributed by atoms with Crippen LogP contribution >= 0.6 is 11.3 Å². The lowest BCUT2D eigenvalue weighted by atomic mass is 9.91. The Bertz CT molecular complexity index is 1150. The topological polar surface area (TPSA) is 95.8 Å². The maximum Gasteiger partial charge on any atom is 0.290 e. The Morgan fingerprint density at radius 1 is 1.12 bits per heavy atom. The number of hydrogen-bond donors (Lipinski definition) is 1. The van der Waals surface area contributed by atoms with Crippen LogP contribution in [-0.4, -0.2) is 51.6 Å². The number of thiazole rings is 1. The molecule has 2 aliphatic rings. The van der Waals surface area contributed by atoms with E-state index in [1.165, 1.54) is 17.6 Å². The molecule has 1 aromatic carbocycles. The van der Waals surface area contributed by atoms with Crippen molar-refractivity contribution < 1.29 is 18.8 Å². The highest BCUT2D eigenvalue weighted by Gasteiger charge is 2.39. The molecule has 5 rings (SSSR count). The number of fused-ring (bicyclic) bond motifs is 1. The van der Waals surface area contributed by atoms with Gasteiger partial charge in [0.25, 0.3) is 5.91 Å². The first-order chi connectivity index (χ1) is 16.1. The lowest BCUT2D eigenvalue weighted by Gasteiger charge is -2.40. The van der Waals surface area contributed by atoms with E-state index in [1.807, 2.05) is 24.3 Å². The molecule has 0 bridgehead atoms. The summed E-state index contributed by atoms with van der Waals surface area (Å²) in [6, 6.07) is 10.5. The van der Waals surface area contributed by atoms with Gasteiger partial charge in [0.15, 0.2) is 10.9 Å². The van der Waals surface area contributed by atoms with Crippen molar-refractivity contribution in [1.82, 2.24) is 14.8 Å². The zero-order valence-corrected chi connectivity index (χ0v) is 18.8. The molecular weight excluding hydrogens is 440 g/mol. The number of nitrogens with zero attached hydrogens (tertiary/aromatic N) is 3. The molecule has 4 heterocycles. The Labute approximate surface area is 195 Å². The number of benzene rings is 1. The first-order valence-corrected chi connectivity index (χ1v) is 11.9. The molecule has 3 amide bonds. The van der Waals surface area contributed by atoms with E-state index in [1.54, 1.807) is 33.5 Å². The van der Waals surface area contributed by atoms with Crippen molar-refractivity contribution in [3.05, 3.63) is 71.1 Å². The maximum atomic E-state index is 13.7. The molecule has 2 unspecified atom stereocenters. The molecular formula is C24H24N4O4S. The highest BCUT2D eigenvalue weighted by molar-refractivity contribution is 7.13. The van der Waals surface area contributed by atoms with Crippen LogP contribution in [0.25, 0.3) is 0 Å². The molecule has 9 heteroatoms. The van der Waals surface area contributed by atoms with E-state index in [-0.39, 0.29) is 29.4 Å². The van der Waals surface area contributed by atoms with Crippen molar-refractivity contribution in [2.75, 3.05) is 18.4 Å². The van der Waals surface area contributed by atoms with Crippen molar-refractivity contribution in [3.63, 3.8) is 0 Å². The van der Waals surface area contributed by atoms with Crippen molar-refractivity contribution in [2.24, 2.45) is 5.92 Å². The highest BCUT2D eigenvalue weighted by atomic mass is 32.1. The summed E-state index contributed by atoms with van der Waals surface area (Å²) < 4.78 is 5.33. The summed E-state index contributed by atoms with van der Waals surface area (Å²) in [5.41, 5.74) is 2.09. The van der Waals surface area contributed by atoms with Crippen LogP contribution in [-0.2, 0) is 22.6 Å². The number of likely N-dealkylation sites (tertiary alicyclic amines) is 1. The number of aromatic nitrogens is 1. The number of carbonyl (C=O) groups excluding carboxylic acids is 3. The maximum absolute atomic E-state index is 13.7. The lowest BCUT2D eigenvalue weighted by molar-refractivity contribution is -0.139. The number of anilines is 1. The van der Waals surface area contributed by atoms with E-state index in [9.17, 15) is 14.4 Å². The van der Waals surface area contributed by atoms with E-state index in [2.05, 4.69) is 10.3 Å². The van der Waals surface area contributed by atoms with Crippen LogP contribution in [0.5, 0.6) is 0 Å². The molecule has 3 aromatic rings. The second-order valence-corrected chi connectivity index (χ2v) is 9.24. The molecule has 0 saturated carbocycles. The molecule has 1 saturated heterocycles. The minimum atomic E-state index is -0.640. The van der Waals surface area contributed by atoms with Crippen LogP contribution in [0.4, 0.5) is 5.13 Å². The second-order valence-electron chi connectivity index (χ2n) is 8.35. The predicted octanol–water partition coefficient (Wildman–Crippen LogP) is 3.18. The highest BCUT2D eigenvalue weighted by Crippen LogP contribution is 2.28. The summed E-state index contributed by atoms with van der Waals surface area (Å²) in [6.45, 7) is 1.24. The van der Waals surface area contributed by atoms with Crippen LogP contribution in [0, 0.1) is 5.92 Å². The first kappa shape index (κ1) is 21.4. The molecule has 2 atom stereocenters. The van der Waals surface area contributed by atoms with Gasteiger partial charge in [-0.25, -0.2) is 4.98 Å². The van der Waals surface area contributed by atoms with Gasteiger partial charge in [-0.2, -0.15) is 0 Å². The summed E-state index contributed by atoms with van der Waals surface area (Å²) in [7, 11) is 0. The van der Waals surface area contributed by atoms with Crippen molar-refractivity contribution in [3.8, 4) is 0 Å². The molecule has 2 aliphatic heterocycles. The second kappa shape index (κ2) is 9.19. The fourth-order valence-corrected chi connectivity index (χ4v) is 5.13. The summed E-state index contributed by atoms with van der Waals surface area (Å²) >= 11 is 1.36. The van der Waals surface area contributed by atoms with Crippen LogP contribution in [0.2, 0.25) is 0 Å². The van der Waals surface area contributed by atoms with Crippen molar-refractivity contribution in [2.45, 2.75) is 31.8 Å². The van der Waals surface area contributed by atoms with Crippen LogP contribution in [0.1, 0.15) is 34.5 Å². The fraction of sp³-hybridized carbons (Fsp3) is 0.333. The van der Waals surface area contributed by atoms with E-state index in [0.717, 1.165) is 17.5 Å². The lowest BCUT2D eigenvalue weighted by Crippen LogP contribution is -2.56. The number of amides is 3. The standard InChI is InChI=1S/C24H24N4O4S/c29-21(26-24-25-9-12-33-24)18-7-3-10-27(14-18)22(30)19-13-16-5-1-2-6-17(16)15-28(19)23(31)20-8-4-11-32-20/h1-2,4-6,8-9,11-12,18-19H,3,7,10,13-15H2,(H,25,26,29). The molecule has 8 nitrogen and oxygen atoms in total. The van der Waals surface area contributed by atoms with Gasteiger partial charge in [-0.3, -0.25) is 14.4 Å². The Kier molecular flexibility index (Phi) is 5.95. The zero-order chi connectivity index (χ0) is 22.8. The first-order valence-electron chi connectivity index (χ1n) is 11.0. The Balaban J connectivity index is 1.35. The third kappa shape index (κ3) is 4.41. The summed E-state index contributed by atoms with van der Waals surface area (Å²) in [4.78, 5) is 47.1. The SMILES string of the molecule is O=C(Nc1nccs1)C1CCCN(C(=O)C2Cc3ccccc3CN2C(=O)c2ccco2)C1. The molecule has 1 fully saturated rings. The number of carbonyl (C=O) groups is 3. The van der Waals surface area contributed by atoms with E-state index < -0.39 is 6.04 Å². The van der Waals surface area contributed by atoms with Gasteiger partial charge >= 0.3 is 0 Å². The van der Waals surface area contributed by atoms with Gasteiger partial charge in [-0.15, -0.1) is 11.3 Å². The predicted molar refractivity (Wildman–Crippen MR) is 123 cm³/mol. The van der Waals surface area contributed by atoms with Gasteiger partial charge in [-0.05, 0) is 36.1 Å². The minimum Gasteiger partial charge on any atom is -0.459 e. The largest absolute Gasteiger partial charge is 0.459 e. The van der Waals surface area contributed by atoms with Crippen LogP contribution < -0.4 is 5.32 Å². The van der Waals surface area contributed by atoms with Crippen LogP contribution in [0.15, 0.2) is 58.7 Å². The number of hydrogen-bond acceptors (Lipinski definition) is 6. The fourth-order valence-electron chi connectivity index (χ4n) is 4.59. The third-order valence-electron chi connectivity index (χ3n) is 6.29. The van der Waals surface area contributed by atoms with E-state index in [4.69, 9.17) is 4.42 Å². The molecule has 170 valence electrons. The number of furan rings is 1. The van der Waals surface area contributed by atoms with Gasteiger partial charge in [0, 0.05) is 37.6 Å². The van der Waals surface area contributed by atoms with Crippen molar-refractivity contribution >= 4 is 34.2 Å². The molecule has 0 radical (unpaired) electrons. The van der Waals surface area contributed by atoms with Gasteiger partial charge in [-0.1, -0.05) is 24.3 Å². The number of rotatable bonds is 4. The minimum absolute atomic E-state index is 0.125. The summed E-state index contributed by atoms with van der Waals surface area (Å²) in [5.74, 6) is -0.651. The summed E-state index contributed by atoms with van der Waals surface area (Å²) in [6.07, 6.45) is 4.98. The van der Waals surface area contributed by atoms with Gasteiger partial charge in [0.05, 0.1) is 12.2 Å². The quantitative estimate of drug-likeness (QED) is 0.640.